The lowest BCUT2D eigenvalue weighted by Crippen LogP contribution is -2.65. The van der Waals surface area contributed by atoms with Crippen LogP contribution in [-0.4, -0.2) is 44.6 Å². The number of quaternary nitrogens is 1. The Labute approximate surface area is 130 Å². The van der Waals surface area contributed by atoms with E-state index in [0.29, 0.717) is 0 Å². The molecule has 114 valence electrons. The van der Waals surface area contributed by atoms with Gasteiger partial charge in [0.1, 0.15) is 7.85 Å². The van der Waals surface area contributed by atoms with Gasteiger partial charge in [-0.2, -0.15) is 0 Å². The Morgan fingerprint density at radius 2 is 2.05 bits per heavy atom. The number of likely N-dealkylation sites (N-methyl/N-ethyl adjacent to an activating group) is 1. The van der Waals surface area contributed by atoms with E-state index in [1.165, 1.54) is 67.2 Å². The molecule has 0 atom stereocenters. The zero-order chi connectivity index (χ0) is 15.1. The van der Waals surface area contributed by atoms with Gasteiger partial charge < -0.3 is 10.2 Å². The quantitative estimate of drug-likeness (QED) is 0.625. The smallest absolute Gasteiger partial charge is 0.101 e. The number of rotatable bonds is 6. The Balaban J connectivity index is 1.54. The molecule has 1 heterocycles. The van der Waals surface area contributed by atoms with Crippen molar-refractivity contribution in [3.8, 4) is 0 Å². The van der Waals surface area contributed by atoms with E-state index in [4.69, 9.17) is 5.73 Å². The molecule has 0 spiro atoms. The van der Waals surface area contributed by atoms with Gasteiger partial charge >= 0.3 is 0 Å². The normalized spacial score (nSPS) is 30.0. The molecule has 1 aliphatic heterocycles. The topological polar surface area (TPSA) is 26.0 Å². The minimum Gasteiger partial charge on any atom is -0.324 e. The summed E-state index contributed by atoms with van der Waals surface area (Å²) in [5.74, 6) is 0.855. The summed E-state index contributed by atoms with van der Waals surface area (Å²) >= 11 is 0. The Morgan fingerprint density at radius 1 is 1.33 bits per heavy atom. The minimum atomic E-state index is 0.192. The number of aryl methyl sites for hydroxylation is 2. The second kappa shape index (κ2) is 5.44. The van der Waals surface area contributed by atoms with Gasteiger partial charge in [-0.3, -0.25) is 0 Å². The largest absolute Gasteiger partial charge is 0.324 e. The Morgan fingerprint density at radius 3 is 2.62 bits per heavy atom. The lowest BCUT2D eigenvalue weighted by Gasteiger charge is -2.49. The molecule has 1 aromatic rings. The van der Waals surface area contributed by atoms with Crippen LogP contribution >= 0.6 is 0 Å². The molecule has 3 rings (SSSR count). The maximum absolute atomic E-state index is 6.29. The van der Waals surface area contributed by atoms with E-state index in [-0.39, 0.29) is 5.54 Å². The average Bonchev–Trinajstić information content (AvgIpc) is 3.08. The fourth-order valence-electron chi connectivity index (χ4n) is 4.27. The average molecular weight is 285 g/mol. The third-order valence-corrected chi connectivity index (χ3v) is 5.44. The summed E-state index contributed by atoms with van der Waals surface area (Å²) in [6.07, 6.45) is 6.17. The van der Waals surface area contributed by atoms with Crippen LogP contribution in [0.2, 0.25) is 6.32 Å². The lowest BCUT2D eigenvalue weighted by molar-refractivity contribution is -0.958. The number of likely N-dealkylation sites (tertiary alicyclic amines) is 1. The summed E-state index contributed by atoms with van der Waals surface area (Å²) in [5, 5.41) is 0. The first-order valence-electron chi connectivity index (χ1n) is 8.62. The van der Waals surface area contributed by atoms with Crippen molar-refractivity contribution in [3.05, 3.63) is 34.9 Å². The van der Waals surface area contributed by atoms with Crippen molar-refractivity contribution >= 4 is 7.85 Å². The van der Waals surface area contributed by atoms with Crippen LogP contribution in [0.4, 0.5) is 0 Å². The molecule has 0 bridgehead atoms. The minimum absolute atomic E-state index is 0.192. The molecule has 2 N–H and O–H groups in total. The fraction of sp³-hybridized carbons (Fsp3) is 0.667. The maximum atomic E-state index is 6.29. The third kappa shape index (κ3) is 3.52. The van der Waals surface area contributed by atoms with Crippen molar-refractivity contribution in [2.24, 2.45) is 11.7 Å². The highest BCUT2D eigenvalue weighted by Crippen LogP contribution is 2.38. The van der Waals surface area contributed by atoms with Gasteiger partial charge in [0, 0.05) is 0 Å². The Hall–Kier alpha value is -0.795. The molecular formula is C18H30BN2+. The van der Waals surface area contributed by atoms with Crippen LogP contribution in [0.25, 0.3) is 0 Å². The summed E-state index contributed by atoms with van der Waals surface area (Å²) in [7, 11) is 4.64. The van der Waals surface area contributed by atoms with Gasteiger partial charge in [-0.25, -0.2) is 0 Å². The van der Waals surface area contributed by atoms with E-state index in [2.05, 4.69) is 40.0 Å². The van der Waals surface area contributed by atoms with Crippen LogP contribution in [0.15, 0.2) is 18.2 Å². The number of nitrogens with two attached hydrogens (primary N) is 1. The van der Waals surface area contributed by atoms with Crippen LogP contribution in [0, 0.1) is 12.8 Å². The number of hydrogen-bond donors (Lipinski definition) is 1. The zero-order valence-corrected chi connectivity index (χ0v) is 14.0. The van der Waals surface area contributed by atoms with Crippen LogP contribution in [0.1, 0.15) is 29.5 Å². The van der Waals surface area contributed by atoms with Gasteiger partial charge in [0.05, 0.1) is 38.1 Å². The van der Waals surface area contributed by atoms with E-state index >= 15 is 0 Å². The van der Waals surface area contributed by atoms with Gasteiger partial charge in [0.25, 0.3) is 0 Å². The van der Waals surface area contributed by atoms with Gasteiger partial charge in [0.15, 0.2) is 0 Å². The van der Waals surface area contributed by atoms with E-state index < -0.39 is 0 Å². The molecule has 1 saturated carbocycles. The summed E-state index contributed by atoms with van der Waals surface area (Å²) in [5.41, 5.74) is 11.0. The summed E-state index contributed by atoms with van der Waals surface area (Å²) in [6.45, 7) is 6.10. The molecule has 0 amide bonds. The first-order chi connectivity index (χ1) is 9.91. The van der Waals surface area contributed by atoms with Crippen molar-refractivity contribution in [3.63, 3.8) is 0 Å². The Bertz CT molecular complexity index is 516. The van der Waals surface area contributed by atoms with E-state index in [9.17, 15) is 0 Å². The van der Waals surface area contributed by atoms with Crippen molar-refractivity contribution in [2.45, 2.75) is 44.5 Å². The van der Waals surface area contributed by atoms with Gasteiger partial charge in [-0.15, -0.1) is 0 Å². The summed E-state index contributed by atoms with van der Waals surface area (Å²) < 4.78 is 1.20. The second-order valence-electron chi connectivity index (χ2n) is 8.09. The van der Waals surface area contributed by atoms with Crippen molar-refractivity contribution in [1.29, 1.82) is 0 Å². The third-order valence-electron chi connectivity index (χ3n) is 5.44. The molecular weight excluding hydrogens is 255 g/mol. The molecule has 2 fully saturated rings. The molecule has 21 heavy (non-hydrogen) atoms. The van der Waals surface area contributed by atoms with Crippen LogP contribution in [-0.2, 0) is 12.8 Å². The van der Waals surface area contributed by atoms with Gasteiger partial charge in [-0.1, -0.05) is 24.5 Å². The van der Waals surface area contributed by atoms with Crippen LogP contribution in [0.3, 0.4) is 0 Å². The summed E-state index contributed by atoms with van der Waals surface area (Å²) in [4.78, 5) is 0. The first kappa shape index (κ1) is 15.1. The van der Waals surface area contributed by atoms with Crippen molar-refractivity contribution in [2.75, 3.05) is 26.7 Å². The van der Waals surface area contributed by atoms with E-state index in [1.54, 1.807) is 5.56 Å². The van der Waals surface area contributed by atoms with Gasteiger partial charge in [-0.05, 0) is 49.3 Å². The SMILES string of the molecule is BCCc1ccc(CC2C[N+](C)(CC3(N)CC3)C2)c(C)c1. The highest BCUT2D eigenvalue weighted by Gasteiger charge is 2.50. The molecule has 2 nitrogen and oxygen atoms in total. The van der Waals surface area contributed by atoms with Crippen molar-refractivity contribution < 1.29 is 4.48 Å². The molecule has 3 heteroatoms. The van der Waals surface area contributed by atoms with E-state index in [0.717, 1.165) is 5.92 Å². The predicted octanol–water partition coefficient (Wildman–Crippen LogP) is 1.70. The molecule has 1 aromatic carbocycles. The van der Waals surface area contributed by atoms with Gasteiger partial charge in [0.2, 0.25) is 0 Å². The molecule has 1 aliphatic carbocycles. The number of benzene rings is 1. The van der Waals surface area contributed by atoms with E-state index in [1.807, 2.05) is 0 Å². The monoisotopic (exact) mass is 285 g/mol. The lowest BCUT2D eigenvalue weighted by atomic mass is 9.86. The van der Waals surface area contributed by atoms with Crippen LogP contribution < -0.4 is 5.73 Å². The van der Waals surface area contributed by atoms with Crippen LogP contribution in [0.5, 0.6) is 0 Å². The highest BCUT2D eigenvalue weighted by molar-refractivity contribution is 6.08. The number of nitrogens with zero attached hydrogens (tertiary/aromatic N) is 1. The molecule has 2 aliphatic rings. The van der Waals surface area contributed by atoms with Crippen molar-refractivity contribution in [1.82, 2.24) is 0 Å². The predicted molar refractivity (Wildman–Crippen MR) is 92.4 cm³/mol. The number of hydrogen-bond acceptors (Lipinski definition) is 1. The standard InChI is InChI=1S/C18H30BN2/c1-14-9-15(5-8-19)3-4-17(14)10-16-11-21(2,12-16)13-18(20)6-7-18/h3-4,9,16H,5-8,10-13,19-20H2,1-2H3/q+1. The zero-order valence-electron chi connectivity index (χ0n) is 14.0. The molecule has 0 unspecified atom stereocenters. The second-order valence-corrected chi connectivity index (χ2v) is 8.09. The summed E-state index contributed by atoms with van der Waals surface area (Å²) in [6, 6.07) is 7.09. The maximum Gasteiger partial charge on any atom is 0.101 e. The molecule has 0 aromatic heterocycles. The fourth-order valence-corrected chi connectivity index (χ4v) is 4.27. The molecule has 0 radical (unpaired) electrons. The first-order valence-corrected chi connectivity index (χ1v) is 8.62. The Kier molecular flexibility index (Phi) is 3.92. The molecule has 1 saturated heterocycles. The highest BCUT2D eigenvalue weighted by atomic mass is 15.4.